The van der Waals surface area contributed by atoms with Crippen LogP contribution in [0.4, 0.5) is 5.69 Å². The minimum Gasteiger partial charge on any atom is -0.480 e. The van der Waals surface area contributed by atoms with Gasteiger partial charge >= 0.3 is 5.97 Å². The summed E-state index contributed by atoms with van der Waals surface area (Å²) in [6, 6.07) is 0.933. The number of rotatable bonds is 4. The Kier molecular flexibility index (Phi) is 4.05. The zero-order chi connectivity index (χ0) is 14.8. The van der Waals surface area contributed by atoms with Crippen molar-refractivity contribution in [2.75, 3.05) is 0 Å². The molecule has 19 heavy (non-hydrogen) atoms. The van der Waals surface area contributed by atoms with Gasteiger partial charge in [-0.1, -0.05) is 11.6 Å². The molecular formula is C10H10ClN3O5. The summed E-state index contributed by atoms with van der Waals surface area (Å²) in [6.07, 6.45) is 0.904. The summed E-state index contributed by atoms with van der Waals surface area (Å²) in [5.41, 5.74) is -2.21. The molecule has 0 saturated carbocycles. The van der Waals surface area contributed by atoms with E-state index in [-0.39, 0.29) is 10.7 Å². The number of aliphatic carboxylic acids is 1. The van der Waals surface area contributed by atoms with Crippen LogP contribution in [0.5, 0.6) is 0 Å². The first-order valence-electron chi connectivity index (χ1n) is 5.01. The molecule has 1 heterocycles. The highest BCUT2D eigenvalue weighted by Gasteiger charge is 2.30. The molecule has 0 bridgehead atoms. The van der Waals surface area contributed by atoms with Gasteiger partial charge in [-0.05, 0) is 13.8 Å². The van der Waals surface area contributed by atoms with E-state index in [2.05, 4.69) is 10.3 Å². The van der Waals surface area contributed by atoms with Gasteiger partial charge in [-0.25, -0.2) is 9.78 Å². The second-order valence-corrected chi connectivity index (χ2v) is 4.53. The summed E-state index contributed by atoms with van der Waals surface area (Å²) in [5, 5.41) is 21.4. The maximum atomic E-state index is 11.8. The molecule has 1 amide bonds. The Morgan fingerprint density at radius 2 is 2.11 bits per heavy atom. The predicted molar refractivity (Wildman–Crippen MR) is 65.1 cm³/mol. The Labute approximate surface area is 112 Å². The lowest BCUT2D eigenvalue weighted by molar-refractivity contribution is -0.385. The SMILES string of the molecule is CC(C)(NC(=O)c1cc([N+](=O)[O-])cnc1Cl)C(=O)O. The number of nitrogens with zero attached hydrogens (tertiary/aromatic N) is 2. The minimum absolute atomic E-state index is 0.246. The Morgan fingerprint density at radius 3 is 2.58 bits per heavy atom. The molecule has 0 aliphatic rings. The molecular weight excluding hydrogens is 278 g/mol. The Balaban J connectivity index is 3.09. The fourth-order valence-electron chi connectivity index (χ4n) is 1.10. The summed E-state index contributed by atoms with van der Waals surface area (Å²) >= 11 is 5.66. The lowest BCUT2D eigenvalue weighted by Gasteiger charge is -2.20. The first-order chi connectivity index (χ1) is 8.65. The molecule has 1 aromatic rings. The van der Waals surface area contributed by atoms with E-state index >= 15 is 0 Å². The minimum atomic E-state index is -1.54. The van der Waals surface area contributed by atoms with Crippen molar-refractivity contribution in [3.63, 3.8) is 0 Å². The smallest absolute Gasteiger partial charge is 0.328 e. The van der Waals surface area contributed by atoms with Gasteiger partial charge in [0.2, 0.25) is 0 Å². The van der Waals surface area contributed by atoms with E-state index < -0.39 is 28.0 Å². The van der Waals surface area contributed by atoms with Crippen molar-refractivity contribution >= 4 is 29.2 Å². The van der Waals surface area contributed by atoms with Crippen LogP contribution >= 0.6 is 11.6 Å². The first kappa shape index (κ1) is 14.8. The lowest BCUT2D eigenvalue weighted by atomic mass is 10.1. The van der Waals surface area contributed by atoms with Crippen LogP contribution < -0.4 is 5.32 Å². The molecule has 2 N–H and O–H groups in total. The molecule has 9 heteroatoms. The summed E-state index contributed by atoms with van der Waals surface area (Å²) < 4.78 is 0. The molecule has 0 saturated heterocycles. The summed E-state index contributed by atoms with van der Waals surface area (Å²) in [4.78, 5) is 36.1. The van der Waals surface area contributed by atoms with Crippen LogP contribution in [0, 0.1) is 10.1 Å². The number of halogens is 1. The highest BCUT2D eigenvalue weighted by Crippen LogP contribution is 2.19. The molecule has 0 radical (unpaired) electrons. The average molecular weight is 288 g/mol. The highest BCUT2D eigenvalue weighted by atomic mass is 35.5. The third-order valence-corrected chi connectivity index (χ3v) is 2.54. The fourth-order valence-corrected chi connectivity index (χ4v) is 1.29. The van der Waals surface area contributed by atoms with E-state index in [4.69, 9.17) is 16.7 Å². The quantitative estimate of drug-likeness (QED) is 0.488. The number of carbonyl (C=O) groups is 2. The topological polar surface area (TPSA) is 122 Å². The van der Waals surface area contributed by atoms with Crippen molar-refractivity contribution in [1.29, 1.82) is 0 Å². The summed E-state index contributed by atoms with van der Waals surface area (Å²) in [6.45, 7) is 2.54. The second kappa shape index (κ2) is 5.19. The van der Waals surface area contributed by atoms with Crippen molar-refractivity contribution in [2.45, 2.75) is 19.4 Å². The van der Waals surface area contributed by atoms with Crippen molar-refractivity contribution in [3.8, 4) is 0 Å². The number of hydrogen-bond donors (Lipinski definition) is 2. The zero-order valence-corrected chi connectivity index (χ0v) is 10.8. The van der Waals surface area contributed by atoms with Crippen molar-refractivity contribution in [3.05, 3.63) is 33.1 Å². The first-order valence-corrected chi connectivity index (χ1v) is 5.39. The van der Waals surface area contributed by atoms with Gasteiger partial charge in [0.15, 0.2) is 0 Å². The van der Waals surface area contributed by atoms with Crippen LogP contribution in [0.2, 0.25) is 5.15 Å². The van der Waals surface area contributed by atoms with Crippen molar-refractivity contribution < 1.29 is 19.6 Å². The zero-order valence-electron chi connectivity index (χ0n) is 10.0. The molecule has 0 aliphatic carbocycles. The van der Waals surface area contributed by atoms with Gasteiger partial charge in [-0.3, -0.25) is 14.9 Å². The highest BCUT2D eigenvalue weighted by molar-refractivity contribution is 6.32. The van der Waals surface area contributed by atoms with E-state index in [1.165, 1.54) is 13.8 Å². The molecule has 1 aromatic heterocycles. The molecule has 1 rings (SSSR count). The Bertz CT molecular complexity index is 558. The lowest BCUT2D eigenvalue weighted by Crippen LogP contribution is -2.49. The van der Waals surface area contributed by atoms with Gasteiger partial charge in [0, 0.05) is 6.07 Å². The number of pyridine rings is 1. The van der Waals surface area contributed by atoms with Gasteiger partial charge in [0.25, 0.3) is 11.6 Å². The maximum Gasteiger partial charge on any atom is 0.328 e. The van der Waals surface area contributed by atoms with E-state index in [0.717, 1.165) is 12.3 Å². The largest absolute Gasteiger partial charge is 0.480 e. The molecule has 102 valence electrons. The number of nitro groups is 1. The summed E-state index contributed by atoms with van der Waals surface area (Å²) in [5.74, 6) is -2.11. The third-order valence-electron chi connectivity index (χ3n) is 2.24. The van der Waals surface area contributed by atoms with Crippen LogP contribution in [0.15, 0.2) is 12.3 Å². The number of amides is 1. The second-order valence-electron chi connectivity index (χ2n) is 4.17. The van der Waals surface area contributed by atoms with E-state index in [9.17, 15) is 19.7 Å². The van der Waals surface area contributed by atoms with Crippen LogP contribution in [0.1, 0.15) is 24.2 Å². The van der Waals surface area contributed by atoms with E-state index in [1.54, 1.807) is 0 Å². The molecule has 0 unspecified atom stereocenters. The monoisotopic (exact) mass is 287 g/mol. The third kappa shape index (κ3) is 3.38. The van der Waals surface area contributed by atoms with Gasteiger partial charge in [0.1, 0.15) is 16.9 Å². The summed E-state index contributed by atoms with van der Waals surface area (Å²) in [7, 11) is 0. The van der Waals surface area contributed by atoms with E-state index in [0.29, 0.717) is 0 Å². The molecule has 8 nitrogen and oxygen atoms in total. The number of hydrogen-bond acceptors (Lipinski definition) is 5. The number of nitrogens with one attached hydrogen (secondary N) is 1. The van der Waals surface area contributed by atoms with Crippen LogP contribution in [-0.4, -0.2) is 32.4 Å². The average Bonchev–Trinajstić information content (AvgIpc) is 2.28. The molecule has 0 spiro atoms. The molecule has 0 fully saturated rings. The molecule has 0 aliphatic heterocycles. The Hall–Kier alpha value is -2.22. The van der Waals surface area contributed by atoms with E-state index in [1.807, 2.05) is 0 Å². The number of carboxylic acid groups (broad SMARTS) is 1. The van der Waals surface area contributed by atoms with Gasteiger partial charge in [-0.2, -0.15) is 0 Å². The standard InChI is InChI=1S/C10H10ClN3O5/c1-10(2,9(16)17)13-8(15)6-3-5(14(18)19)4-12-7(6)11/h3-4H,1-2H3,(H,13,15)(H,16,17). The number of aromatic nitrogens is 1. The van der Waals surface area contributed by atoms with Gasteiger partial charge in [0.05, 0.1) is 10.5 Å². The van der Waals surface area contributed by atoms with Gasteiger partial charge < -0.3 is 10.4 Å². The molecule has 0 aromatic carbocycles. The van der Waals surface area contributed by atoms with Crippen molar-refractivity contribution in [1.82, 2.24) is 10.3 Å². The van der Waals surface area contributed by atoms with Crippen LogP contribution in [0.25, 0.3) is 0 Å². The van der Waals surface area contributed by atoms with Gasteiger partial charge in [-0.15, -0.1) is 0 Å². The normalized spacial score (nSPS) is 10.9. The van der Waals surface area contributed by atoms with Crippen LogP contribution in [0.3, 0.4) is 0 Å². The maximum absolute atomic E-state index is 11.8. The Morgan fingerprint density at radius 1 is 1.53 bits per heavy atom. The van der Waals surface area contributed by atoms with Crippen LogP contribution in [-0.2, 0) is 4.79 Å². The number of carbonyl (C=O) groups excluding carboxylic acids is 1. The predicted octanol–water partition coefficient (Wildman–Crippen LogP) is 1.24. The van der Waals surface area contributed by atoms with Crippen molar-refractivity contribution in [2.24, 2.45) is 0 Å². The fraction of sp³-hybridized carbons (Fsp3) is 0.300. The molecule has 0 atom stereocenters. The number of carboxylic acids is 1.